The summed E-state index contributed by atoms with van der Waals surface area (Å²) < 4.78 is 55.7. The maximum Gasteiger partial charge on any atom is 0.399 e. The maximum absolute atomic E-state index is 14.0. The number of hydrogen-bond donors (Lipinski definition) is 1. The van der Waals surface area contributed by atoms with Crippen LogP contribution in [0, 0.1) is 11.7 Å². The van der Waals surface area contributed by atoms with Crippen LogP contribution < -0.4 is 5.32 Å². The summed E-state index contributed by atoms with van der Waals surface area (Å²) in [7, 11) is 0. The minimum atomic E-state index is -4.65. The molecule has 0 aliphatic carbocycles. The number of carbonyl (C=O) groups excluding carboxylic acids is 1. The molecule has 2 aromatic carbocycles. The van der Waals surface area contributed by atoms with E-state index in [0.717, 1.165) is 12.1 Å². The van der Waals surface area contributed by atoms with Gasteiger partial charge in [-0.15, -0.1) is 0 Å². The van der Waals surface area contributed by atoms with Gasteiger partial charge in [0.05, 0.1) is 14.7 Å². The number of nitrogens with zero attached hydrogens (tertiary/aromatic N) is 1. The largest absolute Gasteiger partial charge is 0.399 e. The Morgan fingerprint density at radius 1 is 1.26 bits per heavy atom. The molecule has 3 atom stereocenters. The number of nitrogens with one attached hydrogen (secondary N) is 1. The van der Waals surface area contributed by atoms with Crippen molar-refractivity contribution >= 4 is 55.1 Å². The average molecular weight is 629 g/mol. The molecule has 0 spiro atoms. The molecular weight excluding hydrogens is 608 g/mol. The minimum absolute atomic E-state index is 0.0867. The van der Waals surface area contributed by atoms with Crippen molar-refractivity contribution in [3.8, 4) is 0 Å². The Morgan fingerprint density at radius 2 is 1.91 bits per heavy atom. The molecule has 184 valence electrons. The molecule has 0 radical (unpaired) electrons. The highest BCUT2D eigenvalue weighted by Gasteiger charge is 2.49. The van der Waals surface area contributed by atoms with Crippen LogP contribution in [-0.4, -0.2) is 23.9 Å². The number of amides is 1. The molecule has 1 heterocycles. The summed E-state index contributed by atoms with van der Waals surface area (Å²) in [4.78, 5) is 17.2. The Balaban J connectivity index is 1.77. The van der Waals surface area contributed by atoms with Crippen molar-refractivity contribution in [2.24, 2.45) is 11.1 Å². The Labute approximate surface area is 216 Å². The lowest BCUT2D eigenvalue weighted by Gasteiger charge is -2.25. The lowest BCUT2D eigenvalue weighted by molar-refractivity contribution is -0.176. The van der Waals surface area contributed by atoms with E-state index in [1.54, 1.807) is 18.2 Å². The molecule has 0 bridgehead atoms. The van der Waals surface area contributed by atoms with Gasteiger partial charge in [0.2, 0.25) is 5.91 Å². The molecule has 1 aliphatic rings. The highest BCUT2D eigenvalue weighted by atomic mass is 79.9. The predicted octanol–water partition coefficient (Wildman–Crippen LogP) is 7.51. The van der Waals surface area contributed by atoms with Crippen LogP contribution in [0.25, 0.3) is 0 Å². The zero-order valence-corrected chi connectivity index (χ0v) is 22.1. The van der Waals surface area contributed by atoms with Gasteiger partial charge in [-0.05, 0) is 67.6 Å². The Kier molecular flexibility index (Phi) is 8.68. The molecular formula is C23H21Br2ClF4N2O2. The molecule has 3 rings (SSSR count). The fourth-order valence-electron chi connectivity index (χ4n) is 3.53. The topological polar surface area (TPSA) is 50.7 Å². The van der Waals surface area contributed by atoms with E-state index in [0.29, 0.717) is 28.3 Å². The molecule has 3 unspecified atom stereocenters. The third kappa shape index (κ3) is 6.12. The molecule has 0 saturated carbocycles. The van der Waals surface area contributed by atoms with Crippen LogP contribution in [0.3, 0.4) is 0 Å². The summed E-state index contributed by atoms with van der Waals surface area (Å²) in [5, 5.41) is 7.04. The van der Waals surface area contributed by atoms with E-state index < -0.39 is 24.0 Å². The highest BCUT2D eigenvalue weighted by Crippen LogP contribution is 2.44. The van der Waals surface area contributed by atoms with Crippen LogP contribution >= 0.6 is 43.5 Å². The second kappa shape index (κ2) is 11.0. The first-order chi connectivity index (χ1) is 15.9. The summed E-state index contributed by atoms with van der Waals surface area (Å²) in [5.41, 5.74) is 1.36. The monoisotopic (exact) mass is 626 g/mol. The molecule has 11 heteroatoms. The van der Waals surface area contributed by atoms with Crippen LogP contribution in [0.15, 0.2) is 44.4 Å². The number of oxime groups is 1. The van der Waals surface area contributed by atoms with Gasteiger partial charge in [-0.1, -0.05) is 42.7 Å². The van der Waals surface area contributed by atoms with Gasteiger partial charge in [0, 0.05) is 29.5 Å². The summed E-state index contributed by atoms with van der Waals surface area (Å²) >= 11 is 12.3. The highest BCUT2D eigenvalue weighted by molar-refractivity contribution is 9.11. The van der Waals surface area contributed by atoms with Crippen LogP contribution in [0.2, 0.25) is 5.02 Å². The quantitative estimate of drug-likeness (QED) is 0.255. The minimum Gasteiger partial charge on any atom is -0.391 e. The van der Waals surface area contributed by atoms with Gasteiger partial charge in [0.25, 0.3) is 0 Å². The average Bonchev–Trinajstić information content (AvgIpc) is 3.24. The third-order valence-corrected chi connectivity index (χ3v) is 7.19. The van der Waals surface area contributed by atoms with E-state index in [1.165, 1.54) is 0 Å². The van der Waals surface area contributed by atoms with Crippen molar-refractivity contribution in [1.29, 1.82) is 0 Å². The van der Waals surface area contributed by atoms with Crippen molar-refractivity contribution in [2.75, 3.05) is 0 Å². The second-order valence-electron chi connectivity index (χ2n) is 8.04. The number of hydrogen-bond acceptors (Lipinski definition) is 3. The fourth-order valence-corrected chi connectivity index (χ4v) is 5.00. The summed E-state index contributed by atoms with van der Waals surface area (Å²) in [6.07, 6.45) is -5.38. The van der Waals surface area contributed by atoms with E-state index in [1.807, 2.05) is 13.8 Å². The third-order valence-electron chi connectivity index (χ3n) is 5.68. The van der Waals surface area contributed by atoms with Gasteiger partial charge < -0.3 is 10.2 Å². The maximum atomic E-state index is 14.0. The fraction of sp³-hybridized carbons (Fsp3) is 0.391. The molecule has 0 saturated heterocycles. The van der Waals surface area contributed by atoms with E-state index in [9.17, 15) is 22.4 Å². The van der Waals surface area contributed by atoms with Crippen molar-refractivity contribution < 1.29 is 27.2 Å². The van der Waals surface area contributed by atoms with Crippen LogP contribution in [0.5, 0.6) is 0 Å². The van der Waals surface area contributed by atoms with Crippen molar-refractivity contribution in [3.05, 3.63) is 66.8 Å². The zero-order valence-electron chi connectivity index (χ0n) is 18.1. The zero-order chi connectivity index (χ0) is 25.2. The number of carbonyl (C=O) groups is 1. The molecule has 34 heavy (non-hydrogen) atoms. The Bertz CT molecular complexity index is 1090. The van der Waals surface area contributed by atoms with Crippen molar-refractivity contribution in [2.45, 2.75) is 51.4 Å². The number of benzene rings is 2. The lowest BCUT2D eigenvalue weighted by atomic mass is 9.89. The van der Waals surface area contributed by atoms with E-state index >= 15 is 0 Å². The van der Waals surface area contributed by atoms with E-state index in [2.05, 4.69) is 42.3 Å². The predicted molar refractivity (Wildman–Crippen MR) is 129 cm³/mol. The lowest BCUT2D eigenvalue weighted by Crippen LogP contribution is -2.32. The van der Waals surface area contributed by atoms with Crippen molar-refractivity contribution in [3.63, 3.8) is 0 Å². The molecule has 2 aromatic rings. The first-order valence-electron chi connectivity index (χ1n) is 10.4. The van der Waals surface area contributed by atoms with E-state index in [4.69, 9.17) is 16.4 Å². The number of rotatable bonds is 7. The second-order valence-corrected chi connectivity index (χ2v) is 10.2. The van der Waals surface area contributed by atoms with Gasteiger partial charge in [-0.2, -0.15) is 13.2 Å². The summed E-state index contributed by atoms with van der Waals surface area (Å²) in [6, 6.07) is 7.15. The van der Waals surface area contributed by atoms with Crippen LogP contribution in [0.4, 0.5) is 17.6 Å². The SMILES string of the molecule is CCC(C)C(=O)NCc1ccc(C2=NOC(C(c3cc(Br)c(F)c(Br)c3)C(F)(F)F)C2)cc1Cl. The Morgan fingerprint density at radius 3 is 2.47 bits per heavy atom. The van der Waals surface area contributed by atoms with Gasteiger partial charge in [-0.3, -0.25) is 4.79 Å². The smallest absolute Gasteiger partial charge is 0.391 e. The number of alkyl halides is 3. The van der Waals surface area contributed by atoms with Crippen LogP contribution in [0.1, 0.15) is 49.3 Å². The first-order valence-corrected chi connectivity index (χ1v) is 12.4. The molecule has 4 nitrogen and oxygen atoms in total. The standard InChI is InChI=1S/C23H21Br2ClF4N2O2/c1-3-11(2)22(33)31-10-13-5-4-12(8-17(13)26)18-9-19(34-32-18)20(23(28,29)30)14-6-15(24)21(27)16(25)7-14/h4-8,11,19-20H,3,9-10H2,1-2H3,(H,31,33). The van der Waals surface area contributed by atoms with E-state index in [-0.39, 0.29) is 39.3 Å². The molecule has 0 fully saturated rings. The molecule has 1 amide bonds. The normalized spacial score (nSPS) is 17.7. The van der Waals surface area contributed by atoms with Crippen molar-refractivity contribution in [1.82, 2.24) is 5.32 Å². The molecule has 0 aromatic heterocycles. The number of halogens is 7. The first kappa shape index (κ1) is 26.9. The summed E-state index contributed by atoms with van der Waals surface area (Å²) in [5.74, 6) is -2.92. The van der Waals surface area contributed by atoms with Gasteiger partial charge in [0.15, 0.2) is 5.82 Å². The van der Waals surface area contributed by atoms with Gasteiger partial charge >= 0.3 is 6.18 Å². The summed E-state index contributed by atoms with van der Waals surface area (Å²) in [6.45, 7) is 3.98. The van der Waals surface area contributed by atoms with Crippen LogP contribution in [-0.2, 0) is 16.2 Å². The Hall–Kier alpha value is -1.65. The molecule has 1 N–H and O–H groups in total. The van der Waals surface area contributed by atoms with Gasteiger partial charge in [-0.25, -0.2) is 4.39 Å². The molecule has 1 aliphatic heterocycles. The van der Waals surface area contributed by atoms with Gasteiger partial charge in [0.1, 0.15) is 12.0 Å².